The number of nitrogens with two attached hydrogens (primary N) is 1. The summed E-state index contributed by atoms with van der Waals surface area (Å²) in [4.78, 5) is 2.20. The van der Waals surface area contributed by atoms with Crippen molar-refractivity contribution < 1.29 is 4.74 Å². The molecule has 0 spiro atoms. The Bertz CT molecular complexity index is 369. The molecule has 1 aromatic carbocycles. The number of nitrogens with one attached hydrogen (secondary N) is 1. The fourth-order valence-electron chi connectivity index (χ4n) is 2.31. The largest absolute Gasteiger partial charge is 0.398 e. The average molecular weight is 221 g/mol. The van der Waals surface area contributed by atoms with Crippen LogP contribution in [-0.2, 0) is 10.5 Å². The van der Waals surface area contributed by atoms with E-state index in [4.69, 9.17) is 10.5 Å². The zero-order valence-electron chi connectivity index (χ0n) is 9.86. The molecule has 1 aromatic rings. The van der Waals surface area contributed by atoms with Crippen LogP contribution >= 0.6 is 0 Å². The fourth-order valence-corrected chi connectivity index (χ4v) is 2.31. The lowest BCUT2D eigenvalue weighted by Crippen LogP contribution is -2.58. The van der Waals surface area contributed by atoms with Crippen LogP contribution in [0.1, 0.15) is 5.56 Å². The Labute approximate surface area is 96.4 Å². The summed E-state index contributed by atoms with van der Waals surface area (Å²) in [5.74, 6) is 0. The number of hydrogen-bond donors (Lipinski definition) is 2. The van der Waals surface area contributed by atoms with Crippen molar-refractivity contribution in [2.24, 2.45) is 0 Å². The Morgan fingerprint density at radius 2 is 2.19 bits per heavy atom. The van der Waals surface area contributed by atoms with Gasteiger partial charge in [-0.15, -0.1) is 0 Å². The Morgan fingerprint density at radius 3 is 2.81 bits per heavy atom. The maximum absolute atomic E-state index is 6.04. The van der Waals surface area contributed by atoms with Gasteiger partial charge in [-0.25, -0.2) is 0 Å². The van der Waals surface area contributed by atoms with Gasteiger partial charge in [0, 0.05) is 38.0 Å². The second-order valence-electron chi connectivity index (χ2n) is 4.17. The van der Waals surface area contributed by atoms with Crippen molar-refractivity contribution in [1.29, 1.82) is 0 Å². The number of para-hydroxylation sites is 1. The van der Waals surface area contributed by atoms with Crippen LogP contribution in [0.3, 0.4) is 0 Å². The van der Waals surface area contributed by atoms with E-state index in [1.165, 1.54) is 0 Å². The smallest absolute Gasteiger partial charge is 0.161 e. The van der Waals surface area contributed by atoms with Crippen molar-refractivity contribution in [3.63, 3.8) is 0 Å². The highest BCUT2D eigenvalue weighted by molar-refractivity contribution is 5.49. The van der Waals surface area contributed by atoms with Gasteiger partial charge in [-0.05, 0) is 13.1 Å². The van der Waals surface area contributed by atoms with E-state index in [1.54, 1.807) is 7.11 Å². The highest BCUT2D eigenvalue weighted by Crippen LogP contribution is 2.33. The molecule has 4 heteroatoms. The number of methoxy groups -OCH3 is 1. The first kappa shape index (κ1) is 11.4. The van der Waals surface area contributed by atoms with Crippen LogP contribution < -0.4 is 11.1 Å². The third-order valence-corrected chi connectivity index (χ3v) is 3.32. The lowest BCUT2D eigenvalue weighted by Gasteiger charge is -2.45. The Hall–Kier alpha value is -1.10. The summed E-state index contributed by atoms with van der Waals surface area (Å²) in [6, 6.07) is 7.88. The third kappa shape index (κ3) is 1.69. The summed E-state index contributed by atoms with van der Waals surface area (Å²) < 4.78 is 5.74. The van der Waals surface area contributed by atoms with Crippen molar-refractivity contribution in [1.82, 2.24) is 10.2 Å². The van der Waals surface area contributed by atoms with E-state index in [-0.39, 0.29) is 0 Å². The molecule has 3 N–H and O–H groups in total. The van der Waals surface area contributed by atoms with Crippen LogP contribution in [0.5, 0.6) is 0 Å². The van der Waals surface area contributed by atoms with E-state index in [2.05, 4.69) is 17.3 Å². The van der Waals surface area contributed by atoms with Crippen molar-refractivity contribution >= 4 is 5.69 Å². The number of rotatable bonds is 2. The van der Waals surface area contributed by atoms with E-state index in [9.17, 15) is 0 Å². The van der Waals surface area contributed by atoms with Crippen molar-refractivity contribution in [3.8, 4) is 0 Å². The average Bonchev–Trinajstić information content (AvgIpc) is 2.31. The highest BCUT2D eigenvalue weighted by atomic mass is 16.5. The van der Waals surface area contributed by atoms with E-state index < -0.39 is 5.72 Å². The molecule has 2 rings (SSSR count). The summed E-state index contributed by atoms with van der Waals surface area (Å²) >= 11 is 0. The van der Waals surface area contributed by atoms with Gasteiger partial charge in [0.2, 0.25) is 0 Å². The molecular weight excluding hydrogens is 202 g/mol. The van der Waals surface area contributed by atoms with Gasteiger partial charge in [0.1, 0.15) is 0 Å². The van der Waals surface area contributed by atoms with Crippen LogP contribution in [0.4, 0.5) is 5.69 Å². The highest BCUT2D eigenvalue weighted by Gasteiger charge is 2.39. The second-order valence-corrected chi connectivity index (χ2v) is 4.17. The standard InChI is InChI=1S/C12H19N3O/c1-15-8-7-14-9-12(15,16-2)10-5-3-4-6-11(10)13/h3-6,14H,7-9,13H2,1-2H3. The first-order valence-electron chi connectivity index (χ1n) is 5.53. The predicted molar refractivity (Wildman–Crippen MR) is 65.0 cm³/mol. The van der Waals surface area contributed by atoms with Crippen molar-refractivity contribution in [2.45, 2.75) is 5.72 Å². The van der Waals surface area contributed by atoms with Crippen LogP contribution in [0, 0.1) is 0 Å². The molecule has 16 heavy (non-hydrogen) atoms. The lowest BCUT2D eigenvalue weighted by molar-refractivity contribution is -0.142. The number of benzene rings is 1. The minimum Gasteiger partial charge on any atom is -0.398 e. The normalized spacial score (nSPS) is 26.9. The number of piperazine rings is 1. The van der Waals surface area contributed by atoms with E-state index in [1.807, 2.05) is 24.3 Å². The molecular formula is C12H19N3O. The topological polar surface area (TPSA) is 50.5 Å². The van der Waals surface area contributed by atoms with Gasteiger partial charge in [-0.2, -0.15) is 0 Å². The zero-order chi connectivity index (χ0) is 11.6. The van der Waals surface area contributed by atoms with Crippen LogP contribution in [0.15, 0.2) is 24.3 Å². The molecule has 0 bridgehead atoms. The molecule has 1 aliphatic rings. The number of hydrogen-bond acceptors (Lipinski definition) is 4. The molecule has 4 nitrogen and oxygen atoms in total. The lowest BCUT2D eigenvalue weighted by atomic mass is 9.97. The van der Waals surface area contributed by atoms with Crippen LogP contribution in [0.2, 0.25) is 0 Å². The van der Waals surface area contributed by atoms with E-state index in [0.29, 0.717) is 0 Å². The monoisotopic (exact) mass is 221 g/mol. The predicted octanol–water partition coefficient (Wildman–Crippen LogP) is 0.603. The summed E-state index contributed by atoms with van der Waals surface area (Å²) in [6.07, 6.45) is 0. The third-order valence-electron chi connectivity index (χ3n) is 3.32. The molecule has 0 saturated carbocycles. The fraction of sp³-hybridized carbons (Fsp3) is 0.500. The number of anilines is 1. The molecule has 1 heterocycles. The molecule has 88 valence electrons. The Morgan fingerprint density at radius 1 is 1.44 bits per heavy atom. The number of ether oxygens (including phenoxy) is 1. The molecule has 1 saturated heterocycles. The molecule has 0 radical (unpaired) electrons. The first-order chi connectivity index (χ1) is 7.70. The van der Waals surface area contributed by atoms with Crippen LogP contribution in [0.25, 0.3) is 0 Å². The van der Waals surface area contributed by atoms with Gasteiger partial charge in [-0.3, -0.25) is 4.90 Å². The Balaban J connectivity index is 2.44. The molecule has 1 atom stereocenters. The van der Waals surface area contributed by atoms with Gasteiger partial charge in [0.25, 0.3) is 0 Å². The number of nitrogen functional groups attached to an aromatic ring is 1. The molecule has 0 aliphatic carbocycles. The molecule has 0 amide bonds. The van der Waals surface area contributed by atoms with Crippen molar-refractivity contribution in [3.05, 3.63) is 29.8 Å². The maximum atomic E-state index is 6.04. The number of nitrogens with zero attached hydrogens (tertiary/aromatic N) is 1. The maximum Gasteiger partial charge on any atom is 0.161 e. The molecule has 1 fully saturated rings. The zero-order valence-corrected chi connectivity index (χ0v) is 9.86. The molecule has 1 aliphatic heterocycles. The molecule has 1 unspecified atom stereocenters. The van der Waals surface area contributed by atoms with Gasteiger partial charge >= 0.3 is 0 Å². The minimum atomic E-state index is -0.441. The molecule has 0 aromatic heterocycles. The SMILES string of the molecule is COC1(c2ccccc2N)CNCCN1C. The number of likely N-dealkylation sites (N-methyl/N-ethyl adjacent to an activating group) is 1. The van der Waals surface area contributed by atoms with Gasteiger partial charge in [0.05, 0.1) is 0 Å². The van der Waals surface area contributed by atoms with Gasteiger partial charge in [0.15, 0.2) is 5.72 Å². The van der Waals surface area contributed by atoms with E-state index in [0.717, 1.165) is 30.9 Å². The summed E-state index contributed by atoms with van der Waals surface area (Å²) in [5.41, 5.74) is 7.41. The minimum absolute atomic E-state index is 0.441. The first-order valence-corrected chi connectivity index (χ1v) is 5.53. The Kier molecular flexibility index (Phi) is 3.14. The summed E-state index contributed by atoms with van der Waals surface area (Å²) in [5, 5.41) is 3.36. The summed E-state index contributed by atoms with van der Waals surface area (Å²) in [6.45, 7) is 2.69. The second kappa shape index (κ2) is 4.41. The van der Waals surface area contributed by atoms with Crippen LogP contribution in [-0.4, -0.2) is 38.7 Å². The van der Waals surface area contributed by atoms with Gasteiger partial charge < -0.3 is 15.8 Å². The summed E-state index contributed by atoms with van der Waals surface area (Å²) in [7, 11) is 3.80. The van der Waals surface area contributed by atoms with E-state index >= 15 is 0 Å². The van der Waals surface area contributed by atoms with Gasteiger partial charge in [-0.1, -0.05) is 18.2 Å². The van der Waals surface area contributed by atoms with Crippen molar-refractivity contribution in [2.75, 3.05) is 39.5 Å². The quantitative estimate of drug-likeness (QED) is 0.718.